The molecule has 0 radical (unpaired) electrons. The number of nitrogens with zero attached hydrogens (tertiary/aromatic N) is 2. The van der Waals surface area contributed by atoms with Crippen LogP contribution >= 0.6 is 22.9 Å². The summed E-state index contributed by atoms with van der Waals surface area (Å²) in [6.07, 6.45) is 0. The Bertz CT molecular complexity index is 642. The van der Waals surface area contributed by atoms with Crippen LogP contribution in [0.1, 0.15) is 15.4 Å². The van der Waals surface area contributed by atoms with Gasteiger partial charge in [-0.05, 0) is 13.0 Å². The van der Waals surface area contributed by atoms with E-state index in [1.54, 1.807) is 19.1 Å². The molecule has 112 valence electrons. The van der Waals surface area contributed by atoms with E-state index in [0.717, 1.165) is 16.3 Å². The number of thiazole rings is 1. The molecular weight excluding hydrogens is 308 g/mol. The number of benzene rings is 1. The van der Waals surface area contributed by atoms with Gasteiger partial charge >= 0.3 is 0 Å². The van der Waals surface area contributed by atoms with Crippen LogP contribution in [0.25, 0.3) is 10.6 Å². The molecule has 0 saturated carbocycles. The van der Waals surface area contributed by atoms with Crippen molar-refractivity contribution < 1.29 is 9.53 Å². The minimum Gasteiger partial charge on any atom is -0.383 e. The second-order valence-corrected chi connectivity index (χ2v) is 6.04. The average molecular weight is 325 g/mol. The quantitative estimate of drug-likeness (QED) is 0.845. The van der Waals surface area contributed by atoms with Crippen LogP contribution in [-0.4, -0.2) is 43.1 Å². The molecule has 0 saturated heterocycles. The molecule has 0 atom stereocenters. The number of aryl methyl sites for hydroxylation is 1. The van der Waals surface area contributed by atoms with Gasteiger partial charge in [-0.1, -0.05) is 29.8 Å². The Morgan fingerprint density at radius 2 is 2.14 bits per heavy atom. The van der Waals surface area contributed by atoms with E-state index in [2.05, 4.69) is 4.98 Å². The highest BCUT2D eigenvalue weighted by Gasteiger charge is 2.20. The zero-order valence-electron chi connectivity index (χ0n) is 12.2. The van der Waals surface area contributed by atoms with E-state index in [0.29, 0.717) is 23.1 Å². The Morgan fingerprint density at radius 1 is 1.43 bits per heavy atom. The van der Waals surface area contributed by atoms with Crippen molar-refractivity contribution in [2.24, 2.45) is 0 Å². The topological polar surface area (TPSA) is 42.4 Å². The van der Waals surface area contributed by atoms with Crippen LogP contribution in [0.3, 0.4) is 0 Å². The molecule has 1 heterocycles. The van der Waals surface area contributed by atoms with Crippen LogP contribution in [-0.2, 0) is 4.74 Å². The lowest BCUT2D eigenvalue weighted by Gasteiger charge is -2.15. The Balaban J connectivity index is 2.27. The third-order valence-corrected chi connectivity index (χ3v) is 4.58. The summed E-state index contributed by atoms with van der Waals surface area (Å²) in [5.74, 6) is -0.0413. The van der Waals surface area contributed by atoms with Gasteiger partial charge in [-0.3, -0.25) is 4.79 Å². The second-order valence-electron chi connectivity index (χ2n) is 4.63. The highest BCUT2D eigenvalue weighted by atomic mass is 35.5. The van der Waals surface area contributed by atoms with E-state index < -0.39 is 0 Å². The maximum Gasteiger partial charge on any atom is 0.265 e. The number of rotatable bonds is 5. The fraction of sp³-hybridized carbons (Fsp3) is 0.333. The summed E-state index contributed by atoms with van der Waals surface area (Å²) < 4.78 is 5.00. The van der Waals surface area contributed by atoms with Gasteiger partial charge in [-0.15, -0.1) is 11.3 Å². The molecule has 4 nitrogen and oxygen atoms in total. The molecule has 1 aromatic carbocycles. The normalized spacial score (nSPS) is 10.7. The molecule has 21 heavy (non-hydrogen) atoms. The molecule has 0 spiro atoms. The van der Waals surface area contributed by atoms with Gasteiger partial charge in [0.05, 0.1) is 17.3 Å². The first-order valence-corrected chi connectivity index (χ1v) is 7.70. The lowest BCUT2D eigenvalue weighted by atomic mass is 10.2. The first-order valence-electron chi connectivity index (χ1n) is 6.51. The van der Waals surface area contributed by atoms with Crippen LogP contribution in [0.5, 0.6) is 0 Å². The van der Waals surface area contributed by atoms with Gasteiger partial charge in [0, 0.05) is 26.3 Å². The van der Waals surface area contributed by atoms with Gasteiger partial charge in [0.2, 0.25) is 0 Å². The Morgan fingerprint density at radius 3 is 2.81 bits per heavy atom. The zero-order chi connectivity index (χ0) is 15.4. The van der Waals surface area contributed by atoms with E-state index in [4.69, 9.17) is 16.3 Å². The van der Waals surface area contributed by atoms with Crippen molar-refractivity contribution in [3.63, 3.8) is 0 Å². The van der Waals surface area contributed by atoms with Crippen LogP contribution in [0, 0.1) is 6.92 Å². The third kappa shape index (κ3) is 3.61. The predicted octanol–water partition coefficient (Wildman–Crippen LogP) is 3.49. The van der Waals surface area contributed by atoms with Gasteiger partial charge in [0.1, 0.15) is 9.88 Å². The number of carbonyl (C=O) groups is 1. The standard InChI is InChI=1S/C15H17ClN2O2S/c1-10-13(15(19)18(2)8-9-20-3)21-14(17-10)11-6-4-5-7-12(11)16/h4-7H,8-9H2,1-3H3. The number of hydrogen-bond acceptors (Lipinski definition) is 4. The summed E-state index contributed by atoms with van der Waals surface area (Å²) in [5.41, 5.74) is 1.58. The van der Waals surface area contributed by atoms with Crippen molar-refractivity contribution >= 4 is 28.8 Å². The highest BCUT2D eigenvalue weighted by Crippen LogP contribution is 2.33. The molecule has 1 amide bonds. The number of likely N-dealkylation sites (N-methyl/N-ethyl adjacent to an activating group) is 1. The summed E-state index contributed by atoms with van der Waals surface area (Å²) in [5, 5.41) is 1.40. The Kier molecular flexibility index (Phi) is 5.33. The lowest BCUT2D eigenvalue weighted by Crippen LogP contribution is -2.29. The minimum atomic E-state index is -0.0413. The largest absolute Gasteiger partial charge is 0.383 e. The molecular formula is C15H17ClN2O2S. The number of carbonyl (C=O) groups excluding carboxylic acids is 1. The first-order chi connectivity index (χ1) is 10.0. The number of aromatic nitrogens is 1. The van der Waals surface area contributed by atoms with Gasteiger partial charge < -0.3 is 9.64 Å². The Labute approximate surface area is 133 Å². The van der Waals surface area contributed by atoms with E-state index in [1.807, 2.05) is 31.2 Å². The van der Waals surface area contributed by atoms with Crippen molar-refractivity contribution in [3.05, 3.63) is 39.9 Å². The number of hydrogen-bond donors (Lipinski definition) is 0. The molecule has 0 bridgehead atoms. The molecule has 0 unspecified atom stereocenters. The van der Waals surface area contributed by atoms with Crippen molar-refractivity contribution in [1.82, 2.24) is 9.88 Å². The van der Waals surface area contributed by atoms with E-state index in [9.17, 15) is 4.79 Å². The molecule has 0 fully saturated rings. The molecule has 2 aromatic rings. The summed E-state index contributed by atoms with van der Waals surface area (Å²) in [6, 6.07) is 7.50. The van der Waals surface area contributed by atoms with Crippen molar-refractivity contribution in [2.75, 3.05) is 27.3 Å². The molecule has 2 rings (SSSR count). The summed E-state index contributed by atoms with van der Waals surface area (Å²) in [6.45, 7) is 2.90. The van der Waals surface area contributed by atoms with E-state index >= 15 is 0 Å². The SMILES string of the molecule is COCCN(C)C(=O)c1sc(-c2ccccc2Cl)nc1C. The second kappa shape index (κ2) is 7.02. The summed E-state index contributed by atoms with van der Waals surface area (Å²) in [7, 11) is 3.38. The Hall–Kier alpha value is -1.43. The molecule has 1 aromatic heterocycles. The molecule has 0 aliphatic rings. The van der Waals surface area contributed by atoms with Crippen LogP contribution in [0.4, 0.5) is 0 Å². The molecule has 6 heteroatoms. The fourth-order valence-electron chi connectivity index (χ4n) is 1.85. The number of halogens is 1. The summed E-state index contributed by atoms with van der Waals surface area (Å²) in [4.78, 5) is 19.2. The van der Waals surface area contributed by atoms with Gasteiger partial charge in [0.25, 0.3) is 5.91 Å². The molecule has 0 aliphatic heterocycles. The van der Waals surface area contributed by atoms with Crippen LogP contribution in [0.15, 0.2) is 24.3 Å². The zero-order valence-corrected chi connectivity index (χ0v) is 13.8. The number of amides is 1. The number of ether oxygens (including phenoxy) is 1. The third-order valence-electron chi connectivity index (χ3n) is 3.07. The average Bonchev–Trinajstić information content (AvgIpc) is 2.86. The van der Waals surface area contributed by atoms with E-state index in [1.165, 1.54) is 11.3 Å². The van der Waals surface area contributed by atoms with Gasteiger partial charge in [-0.25, -0.2) is 4.98 Å². The van der Waals surface area contributed by atoms with E-state index in [-0.39, 0.29) is 5.91 Å². The maximum absolute atomic E-state index is 12.4. The summed E-state index contributed by atoms with van der Waals surface area (Å²) >= 11 is 7.55. The van der Waals surface area contributed by atoms with Crippen molar-refractivity contribution in [3.8, 4) is 10.6 Å². The maximum atomic E-state index is 12.4. The van der Waals surface area contributed by atoms with Gasteiger partial charge in [0.15, 0.2) is 0 Å². The predicted molar refractivity (Wildman–Crippen MR) is 86.1 cm³/mol. The highest BCUT2D eigenvalue weighted by molar-refractivity contribution is 7.17. The number of methoxy groups -OCH3 is 1. The first kappa shape index (κ1) is 15.9. The minimum absolute atomic E-state index is 0.0413. The van der Waals surface area contributed by atoms with Crippen molar-refractivity contribution in [1.29, 1.82) is 0 Å². The smallest absolute Gasteiger partial charge is 0.265 e. The fourth-order valence-corrected chi connectivity index (χ4v) is 3.23. The van der Waals surface area contributed by atoms with Crippen molar-refractivity contribution in [2.45, 2.75) is 6.92 Å². The van der Waals surface area contributed by atoms with Crippen LogP contribution < -0.4 is 0 Å². The monoisotopic (exact) mass is 324 g/mol. The molecule has 0 aliphatic carbocycles. The molecule has 0 N–H and O–H groups in total. The van der Waals surface area contributed by atoms with Crippen LogP contribution in [0.2, 0.25) is 5.02 Å². The van der Waals surface area contributed by atoms with Gasteiger partial charge in [-0.2, -0.15) is 0 Å². The lowest BCUT2D eigenvalue weighted by molar-refractivity contribution is 0.0748.